The molecule has 0 saturated carbocycles. The van der Waals surface area contributed by atoms with Crippen LogP contribution >= 0.6 is 0 Å². The van der Waals surface area contributed by atoms with Gasteiger partial charge in [0.25, 0.3) is 0 Å². The molecule has 0 unspecified atom stereocenters. The summed E-state index contributed by atoms with van der Waals surface area (Å²) in [5.74, 6) is -1.94. The number of hydrogen-bond acceptors (Lipinski definition) is 2. The lowest BCUT2D eigenvalue weighted by Gasteiger charge is -2.34. The van der Waals surface area contributed by atoms with E-state index in [4.69, 9.17) is 0 Å². The molecule has 0 bridgehead atoms. The third-order valence-corrected chi connectivity index (χ3v) is 10.3. The van der Waals surface area contributed by atoms with E-state index < -0.39 is 20.0 Å². The van der Waals surface area contributed by atoms with E-state index in [1.165, 1.54) is 0 Å². The van der Waals surface area contributed by atoms with E-state index in [-0.39, 0.29) is 11.1 Å². The van der Waals surface area contributed by atoms with Crippen LogP contribution in [0.25, 0.3) is 0 Å². The Labute approximate surface area is 181 Å². The third-order valence-electron chi connectivity index (χ3n) is 5.54. The van der Waals surface area contributed by atoms with Crippen molar-refractivity contribution < 1.29 is 19.8 Å². The fourth-order valence-corrected chi connectivity index (χ4v) is 8.82. The first-order valence-corrected chi connectivity index (χ1v) is 11.8. The van der Waals surface area contributed by atoms with Crippen LogP contribution < -0.4 is 20.7 Å². The minimum atomic E-state index is -2.80. The van der Waals surface area contributed by atoms with Crippen LogP contribution in [0, 0.1) is 0 Å². The molecule has 31 heavy (non-hydrogen) atoms. The highest BCUT2D eigenvalue weighted by molar-refractivity contribution is 7.19. The Morgan fingerprint density at radius 2 is 0.742 bits per heavy atom. The predicted octanol–water partition coefficient (Wildman–Crippen LogP) is 2.46. The van der Waals surface area contributed by atoms with Gasteiger partial charge in [-0.2, -0.15) is 0 Å². The van der Waals surface area contributed by atoms with E-state index >= 15 is 0 Å². The monoisotopic (exact) mass is 424 g/mol. The molecule has 0 aromatic heterocycles. The average molecular weight is 425 g/mol. The van der Waals surface area contributed by atoms with Gasteiger partial charge in [0.15, 0.2) is 8.07 Å². The normalized spacial score (nSPS) is 11.1. The molecule has 2 N–H and O–H groups in total. The average Bonchev–Trinajstić information content (AvgIpc) is 2.82. The molecular weight excluding hydrogens is 404 g/mol. The minimum Gasteiger partial charge on any atom is -0.478 e. The smallest absolute Gasteiger partial charge is 0.335 e. The number of carboxylic acids is 2. The van der Waals surface area contributed by atoms with Crippen LogP contribution in [0.3, 0.4) is 0 Å². The van der Waals surface area contributed by atoms with Gasteiger partial charge in [-0.3, -0.25) is 0 Å². The van der Waals surface area contributed by atoms with Crippen LogP contribution in [0.1, 0.15) is 20.7 Å². The van der Waals surface area contributed by atoms with Crippen molar-refractivity contribution in [3.8, 4) is 0 Å². The van der Waals surface area contributed by atoms with Gasteiger partial charge >= 0.3 is 11.9 Å². The van der Waals surface area contributed by atoms with Crippen molar-refractivity contribution in [2.75, 3.05) is 0 Å². The zero-order valence-electron chi connectivity index (χ0n) is 16.6. The summed E-state index contributed by atoms with van der Waals surface area (Å²) < 4.78 is 0. The molecule has 0 fully saturated rings. The standard InChI is InChI=1S/C26H20O4Si/c27-25(28)19-11-15-23(16-12-19)31(21-7-3-1-4-8-21,22-9-5-2-6-10-22)24-17-13-20(14-18-24)26(29)30/h1-18H,(H,27,28)(H,29,30). The Kier molecular flexibility index (Phi) is 5.52. The Morgan fingerprint density at radius 1 is 0.452 bits per heavy atom. The molecule has 0 saturated heterocycles. The van der Waals surface area contributed by atoms with Crippen LogP contribution in [-0.2, 0) is 0 Å². The lowest BCUT2D eigenvalue weighted by molar-refractivity contribution is 0.0686. The van der Waals surface area contributed by atoms with Crippen LogP contribution in [0.15, 0.2) is 109 Å². The van der Waals surface area contributed by atoms with Gasteiger partial charge in [0, 0.05) is 0 Å². The van der Waals surface area contributed by atoms with Crippen molar-refractivity contribution in [3.05, 3.63) is 120 Å². The molecule has 0 spiro atoms. The summed E-state index contributed by atoms with van der Waals surface area (Å²) in [7, 11) is -2.80. The van der Waals surface area contributed by atoms with E-state index in [9.17, 15) is 19.8 Å². The van der Waals surface area contributed by atoms with Gasteiger partial charge in [0.1, 0.15) is 0 Å². The molecule has 0 atom stereocenters. The lowest BCUT2D eigenvalue weighted by atomic mass is 10.2. The number of hydrogen-bond donors (Lipinski definition) is 2. The second kappa shape index (κ2) is 8.42. The van der Waals surface area contributed by atoms with Crippen LogP contribution in [0.2, 0.25) is 0 Å². The number of carbonyl (C=O) groups is 2. The minimum absolute atomic E-state index is 0.231. The van der Waals surface area contributed by atoms with Gasteiger partial charge in [0.2, 0.25) is 0 Å². The summed E-state index contributed by atoms with van der Waals surface area (Å²) in [6, 6.07) is 34.4. The van der Waals surface area contributed by atoms with Crippen molar-refractivity contribution in [3.63, 3.8) is 0 Å². The molecule has 0 heterocycles. The first-order chi connectivity index (χ1) is 15.0. The molecule has 0 aliphatic carbocycles. The number of carboxylic acid groups (broad SMARTS) is 2. The van der Waals surface area contributed by atoms with E-state index in [2.05, 4.69) is 24.3 Å². The fraction of sp³-hybridized carbons (Fsp3) is 0. The molecule has 152 valence electrons. The topological polar surface area (TPSA) is 74.6 Å². The van der Waals surface area contributed by atoms with Gasteiger partial charge in [-0.1, -0.05) is 84.9 Å². The molecular formula is C26H20O4Si. The summed E-state index contributed by atoms with van der Waals surface area (Å²) in [4.78, 5) is 22.9. The highest BCUT2D eigenvalue weighted by Gasteiger charge is 2.41. The van der Waals surface area contributed by atoms with Crippen molar-refractivity contribution in [2.24, 2.45) is 0 Å². The van der Waals surface area contributed by atoms with Crippen LogP contribution in [0.4, 0.5) is 0 Å². The molecule has 4 nitrogen and oxygen atoms in total. The summed E-state index contributed by atoms with van der Waals surface area (Å²) in [6.07, 6.45) is 0. The van der Waals surface area contributed by atoms with Gasteiger partial charge < -0.3 is 10.2 Å². The second-order valence-electron chi connectivity index (χ2n) is 7.25. The van der Waals surface area contributed by atoms with Gasteiger partial charge in [-0.25, -0.2) is 9.59 Å². The summed E-state index contributed by atoms with van der Waals surface area (Å²) >= 11 is 0. The Balaban J connectivity index is 2.06. The molecule has 0 aliphatic heterocycles. The maximum absolute atomic E-state index is 11.4. The quantitative estimate of drug-likeness (QED) is 0.368. The molecule has 4 aromatic rings. The van der Waals surface area contributed by atoms with E-state index in [0.29, 0.717) is 0 Å². The number of benzene rings is 4. The van der Waals surface area contributed by atoms with Gasteiger partial charge in [-0.05, 0) is 45.0 Å². The summed E-state index contributed by atoms with van der Waals surface area (Å²) in [6.45, 7) is 0. The van der Waals surface area contributed by atoms with E-state index in [1.807, 2.05) is 60.7 Å². The van der Waals surface area contributed by atoms with Crippen molar-refractivity contribution in [1.29, 1.82) is 0 Å². The SMILES string of the molecule is O=C(O)c1ccc([Si](c2ccccc2)(c2ccccc2)c2ccc(C(=O)O)cc2)cc1. The van der Waals surface area contributed by atoms with Crippen LogP contribution in [0.5, 0.6) is 0 Å². The maximum Gasteiger partial charge on any atom is 0.335 e. The second-order valence-corrected chi connectivity index (χ2v) is 11.1. The molecule has 0 radical (unpaired) electrons. The zero-order valence-corrected chi connectivity index (χ0v) is 17.6. The Bertz CT molecular complexity index is 1100. The highest BCUT2D eigenvalue weighted by Crippen LogP contribution is 2.11. The Hall–Kier alpha value is -3.96. The molecule has 0 amide bonds. The molecule has 4 aromatic carbocycles. The van der Waals surface area contributed by atoms with Crippen molar-refractivity contribution >= 4 is 40.8 Å². The maximum atomic E-state index is 11.4. The molecule has 0 aliphatic rings. The zero-order chi connectivity index (χ0) is 21.8. The van der Waals surface area contributed by atoms with Gasteiger partial charge in [0.05, 0.1) is 11.1 Å². The third kappa shape index (κ3) is 3.67. The van der Waals surface area contributed by atoms with Gasteiger partial charge in [-0.15, -0.1) is 0 Å². The van der Waals surface area contributed by atoms with Crippen molar-refractivity contribution in [1.82, 2.24) is 0 Å². The lowest BCUT2D eigenvalue weighted by Crippen LogP contribution is -2.74. The number of aromatic carboxylic acids is 2. The van der Waals surface area contributed by atoms with E-state index in [0.717, 1.165) is 20.7 Å². The number of rotatable bonds is 6. The van der Waals surface area contributed by atoms with Crippen molar-refractivity contribution in [2.45, 2.75) is 0 Å². The first kappa shape index (κ1) is 20.3. The summed E-state index contributed by atoms with van der Waals surface area (Å²) in [5.41, 5.74) is 0.461. The highest BCUT2D eigenvalue weighted by atomic mass is 28.3. The first-order valence-electron chi connectivity index (χ1n) is 9.82. The fourth-order valence-electron chi connectivity index (χ4n) is 4.10. The molecule has 4 rings (SSSR count). The summed E-state index contributed by atoms with van der Waals surface area (Å²) in [5, 5.41) is 23.1. The Morgan fingerprint density at radius 3 is 1.03 bits per heavy atom. The van der Waals surface area contributed by atoms with E-state index in [1.54, 1.807) is 24.3 Å². The van der Waals surface area contributed by atoms with Crippen LogP contribution in [-0.4, -0.2) is 30.2 Å². The predicted molar refractivity (Wildman–Crippen MR) is 124 cm³/mol. The molecule has 5 heteroatoms. The largest absolute Gasteiger partial charge is 0.478 e.